The average molecular weight is 360 g/mol. The predicted molar refractivity (Wildman–Crippen MR) is 75.6 cm³/mol. The second kappa shape index (κ2) is 7.20. The second-order valence-corrected chi connectivity index (χ2v) is 4.58. The molecule has 9 heteroatoms. The van der Waals surface area contributed by atoms with Crippen LogP contribution >= 0.6 is 0 Å². The van der Waals surface area contributed by atoms with Crippen molar-refractivity contribution in [1.29, 1.82) is 0 Å². The topological polar surface area (TPSA) is 55.8 Å². The van der Waals surface area contributed by atoms with E-state index in [1.165, 1.54) is 25.3 Å². The molecule has 0 heterocycles. The summed E-state index contributed by atoms with van der Waals surface area (Å²) in [5, 5.41) is 9.56. The van der Waals surface area contributed by atoms with Gasteiger partial charge in [-0.25, -0.2) is 18.0 Å². The lowest BCUT2D eigenvalue weighted by molar-refractivity contribution is -0.129. The Morgan fingerprint density at radius 1 is 1.00 bits per heavy atom. The largest absolute Gasteiger partial charge is 0.504 e. The summed E-state index contributed by atoms with van der Waals surface area (Å²) in [6.07, 6.45) is 1.77. The minimum atomic E-state index is -2.36. The first kappa shape index (κ1) is 18.2. The van der Waals surface area contributed by atoms with Crippen molar-refractivity contribution in [3.05, 3.63) is 58.9 Å². The minimum absolute atomic E-state index is 0.168. The van der Waals surface area contributed by atoms with Crippen LogP contribution in [0, 0.1) is 29.1 Å². The molecule has 2 aromatic rings. The van der Waals surface area contributed by atoms with E-state index in [0.29, 0.717) is 6.08 Å². The molecule has 0 atom stereocenters. The summed E-state index contributed by atoms with van der Waals surface area (Å²) in [7, 11) is 1.33. The van der Waals surface area contributed by atoms with Crippen molar-refractivity contribution in [2.75, 3.05) is 7.11 Å². The van der Waals surface area contributed by atoms with Crippen LogP contribution in [0.25, 0.3) is 6.08 Å². The summed E-state index contributed by atoms with van der Waals surface area (Å²) in [6.45, 7) is 0. The monoisotopic (exact) mass is 360 g/mol. The fraction of sp³-hybridized carbons (Fsp3) is 0.0625. The highest BCUT2D eigenvalue weighted by molar-refractivity contribution is 5.88. The fourth-order valence-corrected chi connectivity index (χ4v) is 1.78. The van der Waals surface area contributed by atoms with Gasteiger partial charge in [-0.2, -0.15) is 8.78 Å². The molecule has 25 heavy (non-hydrogen) atoms. The van der Waals surface area contributed by atoms with Crippen molar-refractivity contribution in [2.24, 2.45) is 0 Å². The van der Waals surface area contributed by atoms with Crippen LogP contribution in [0.3, 0.4) is 0 Å². The average Bonchev–Trinajstić information content (AvgIpc) is 2.60. The highest BCUT2D eigenvalue weighted by atomic mass is 19.2. The number of ether oxygens (including phenoxy) is 2. The molecule has 0 unspecified atom stereocenters. The first-order chi connectivity index (χ1) is 11.8. The number of carbonyl (C=O) groups is 1. The molecule has 0 aliphatic heterocycles. The van der Waals surface area contributed by atoms with E-state index in [9.17, 15) is 31.9 Å². The molecule has 2 aromatic carbocycles. The lowest BCUT2D eigenvalue weighted by Gasteiger charge is -2.07. The summed E-state index contributed by atoms with van der Waals surface area (Å²) in [4.78, 5) is 11.5. The zero-order valence-electron chi connectivity index (χ0n) is 12.4. The van der Waals surface area contributed by atoms with Crippen LogP contribution in [0.15, 0.2) is 24.3 Å². The summed E-state index contributed by atoms with van der Waals surface area (Å²) in [6, 6.07) is 4.02. The number of carbonyl (C=O) groups excluding carboxylic acids is 1. The molecule has 0 aliphatic carbocycles. The van der Waals surface area contributed by atoms with Crippen LogP contribution in [0.5, 0.6) is 17.2 Å². The van der Waals surface area contributed by atoms with E-state index < -0.39 is 40.8 Å². The van der Waals surface area contributed by atoms with E-state index in [2.05, 4.69) is 4.74 Å². The molecule has 4 nitrogen and oxygen atoms in total. The molecule has 1 N–H and O–H groups in total. The van der Waals surface area contributed by atoms with Crippen LogP contribution in [0.1, 0.15) is 5.56 Å². The summed E-state index contributed by atoms with van der Waals surface area (Å²) in [5.41, 5.74) is 0.285. The molecule has 0 radical (unpaired) electrons. The van der Waals surface area contributed by atoms with Crippen LogP contribution in [-0.4, -0.2) is 18.2 Å². The Kier molecular flexibility index (Phi) is 5.26. The van der Waals surface area contributed by atoms with Gasteiger partial charge in [-0.05, 0) is 23.8 Å². The standard InChI is InChI=1S/C16H9F5O4/c1-24-9-4-2-7(6-8(9)22)3-5-10(23)25-16-14(20)12(18)11(17)13(19)15(16)21/h2-6,22H,1H3/b5-3+. The van der Waals surface area contributed by atoms with Gasteiger partial charge >= 0.3 is 5.97 Å². The number of benzene rings is 2. The van der Waals surface area contributed by atoms with Gasteiger partial charge in [0.05, 0.1) is 7.11 Å². The van der Waals surface area contributed by atoms with E-state index in [1.807, 2.05) is 0 Å². The van der Waals surface area contributed by atoms with Crippen LogP contribution in [0.4, 0.5) is 22.0 Å². The van der Waals surface area contributed by atoms with Crippen molar-refractivity contribution in [3.63, 3.8) is 0 Å². The van der Waals surface area contributed by atoms with Gasteiger partial charge in [-0.1, -0.05) is 6.07 Å². The van der Waals surface area contributed by atoms with Crippen molar-refractivity contribution < 1.29 is 41.3 Å². The molecule has 0 spiro atoms. The van der Waals surface area contributed by atoms with Crippen LogP contribution in [-0.2, 0) is 4.79 Å². The van der Waals surface area contributed by atoms with Gasteiger partial charge in [0.1, 0.15) is 0 Å². The van der Waals surface area contributed by atoms with Gasteiger partial charge < -0.3 is 14.6 Å². The van der Waals surface area contributed by atoms with Crippen molar-refractivity contribution in [1.82, 2.24) is 0 Å². The van der Waals surface area contributed by atoms with Crippen molar-refractivity contribution >= 4 is 12.0 Å². The SMILES string of the molecule is COc1ccc(/C=C/C(=O)Oc2c(F)c(F)c(F)c(F)c2F)cc1O. The smallest absolute Gasteiger partial charge is 0.336 e. The Balaban J connectivity index is 2.22. The van der Waals surface area contributed by atoms with Gasteiger partial charge in [0.15, 0.2) is 11.5 Å². The number of phenolic OH excluding ortho intramolecular Hbond substituents is 1. The number of halogens is 5. The maximum absolute atomic E-state index is 13.4. The molecule has 0 amide bonds. The Bertz CT molecular complexity index is 835. The lowest BCUT2D eigenvalue weighted by atomic mass is 10.2. The summed E-state index contributed by atoms with van der Waals surface area (Å²) >= 11 is 0. The second-order valence-electron chi connectivity index (χ2n) is 4.58. The third kappa shape index (κ3) is 3.70. The van der Waals surface area contributed by atoms with Gasteiger partial charge in [0.25, 0.3) is 0 Å². The Morgan fingerprint density at radius 2 is 1.56 bits per heavy atom. The van der Waals surface area contributed by atoms with Gasteiger partial charge in [-0.15, -0.1) is 0 Å². The highest BCUT2D eigenvalue weighted by Crippen LogP contribution is 2.29. The van der Waals surface area contributed by atoms with Crippen molar-refractivity contribution in [3.8, 4) is 17.2 Å². The third-order valence-electron chi connectivity index (χ3n) is 2.99. The molecule has 0 fully saturated rings. The highest BCUT2D eigenvalue weighted by Gasteiger charge is 2.28. The molecule has 132 valence electrons. The van der Waals surface area contributed by atoms with E-state index in [-0.39, 0.29) is 17.1 Å². The zero-order valence-corrected chi connectivity index (χ0v) is 12.4. The maximum atomic E-state index is 13.4. The first-order valence-electron chi connectivity index (χ1n) is 6.54. The van der Waals surface area contributed by atoms with E-state index in [0.717, 1.165) is 6.08 Å². The Hall–Kier alpha value is -3.10. The van der Waals surface area contributed by atoms with E-state index in [1.54, 1.807) is 0 Å². The Morgan fingerprint density at radius 3 is 2.08 bits per heavy atom. The molecular formula is C16H9F5O4. The first-order valence-corrected chi connectivity index (χ1v) is 6.54. The van der Waals surface area contributed by atoms with E-state index >= 15 is 0 Å². The summed E-state index contributed by atoms with van der Waals surface area (Å²) < 4.78 is 74.7. The molecule has 0 saturated heterocycles. The number of aromatic hydroxyl groups is 1. The number of rotatable bonds is 4. The minimum Gasteiger partial charge on any atom is -0.504 e. The number of hydrogen-bond acceptors (Lipinski definition) is 4. The zero-order chi connectivity index (χ0) is 18.7. The quantitative estimate of drug-likeness (QED) is 0.226. The Labute approximate surface area is 137 Å². The normalized spacial score (nSPS) is 11.0. The number of methoxy groups -OCH3 is 1. The van der Waals surface area contributed by atoms with E-state index in [4.69, 9.17) is 4.74 Å². The lowest BCUT2D eigenvalue weighted by Crippen LogP contribution is -2.11. The molecule has 0 bridgehead atoms. The number of esters is 1. The maximum Gasteiger partial charge on any atom is 0.336 e. The van der Waals surface area contributed by atoms with Crippen molar-refractivity contribution in [2.45, 2.75) is 0 Å². The van der Waals surface area contributed by atoms with Gasteiger partial charge in [0, 0.05) is 6.08 Å². The molecule has 2 rings (SSSR count). The molecule has 0 aliphatic rings. The predicted octanol–water partition coefficient (Wildman–Crippen LogP) is 3.72. The van der Waals surface area contributed by atoms with Gasteiger partial charge in [-0.3, -0.25) is 0 Å². The molecule has 0 aromatic heterocycles. The summed E-state index contributed by atoms with van der Waals surface area (Å²) in [5.74, 6) is -14.5. The van der Waals surface area contributed by atoms with Crippen LogP contribution in [0.2, 0.25) is 0 Å². The fourth-order valence-electron chi connectivity index (χ4n) is 1.78. The van der Waals surface area contributed by atoms with Crippen LogP contribution < -0.4 is 9.47 Å². The molecular weight excluding hydrogens is 351 g/mol. The third-order valence-corrected chi connectivity index (χ3v) is 2.99. The number of hydrogen-bond donors (Lipinski definition) is 1. The molecule has 0 saturated carbocycles. The number of phenols is 1. The van der Waals surface area contributed by atoms with Gasteiger partial charge in [0.2, 0.25) is 34.8 Å².